The summed E-state index contributed by atoms with van der Waals surface area (Å²) in [4.78, 5) is 24.4. The number of fused-ring (bicyclic) bond motifs is 2. The first-order valence-corrected chi connectivity index (χ1v) is 11.4. The van der Waals surface area contributed by atoms with E-state index in [1.54, 1.807) is 25.4 Å². The van der Waals surface area contributed by atoms with Gasteiger partial charge in [0.1, 0.15) is 5.82 Å². The number of rotatable bonds is 6. The zero-order chi connectivity index (χ0) is 24.7. The number of aryl methyl sites for hydroxylation is 1. The molecule has 0 saturated carbocycles. The van der Waals surface area contributed by atoms with Crippen LogP contribution in [0, 0.1) is 12.7 Å². The molecule has 1 atom stereocenters. The van der Waals surface area contributed by atoms with E-state index >= 15 is 0 Å². The fourth-order valence-electron chi connectivity index (χ4n) is 4.53. The predicted octanol–water partition coefficient (Wildman–Crippen LogP) is 3.18. The van der Waals surface area contributed by atoms with Gasteiger partial charge in [-0.3, -0.25) is 4.98 Å². The minimum absolute atomic E-state index is 0.199. The molecule has 0 aliphatic carbocycles. The summed E-state index contributed by atoms with van der Waals surface area (Å²) in [5, 5.41) is 4.44. The van der Waals surface area contributed by atoms with Gasteiger partial charge < -0.3 is 14.4 Å². The Labute approximate surface area is 201 Å². The Balaban J connectivity index is 1.47. The molecule has 3 aromatic heterocycles. The van der Waals surface area contributed by atoms with Crippen molar-refractivity contribution in [2.75, 3.05) is 32.3 Å². The van der Waals surface area contributed by atoms with E-state index in [1.807, 2.05) is 20.0 Å². The van der Waals surface area contributed by atoms with Crippen LogP contribution >= 0.6 is 0 Å². The highest BCUT2D eigenvalue weighted by Gasteiger charge is 2.23. The second kappa shape index (κ2) is 9.10. The first kappa shape index (κ1) is 23.0. The Morgan fingerprint density at radius 2 is 2.03 bits per heavy atom. The van der Waals surface area contributed by atoms with Gasteiger partial charge in [0.05, 0.1) is 19.8 Å². The van der Waals surface area contributed by atoms with Crippen LogP contribution in [-0.4, -0.2) is 51.5 Å². The lowest BCUT2D eigenvalue weighted by atomic mass is 10.00. The number of hydrogen-bond donors (Lipinski definition) is 0. The molecule has 0 N–H and O–H groups in total. The Morgan fingerprint density at radius 1 is 1.20 bits per heavy atom. The summed E-state index contributed by atoms with van der Waals surface area (Å²) in [6.45, 7) is 5.57. The lowest BCUT2D eigenvalue weighted by Gasteiger charge is -2.30. The normalized spacial score (nSPS) is 14.3. The highest BCUT2D eigenvalue weighted by Crippen LogP contribution is 2.30. The van der Waals surface area contributed by atoms with Gasteiger partial charge in [-0.2, -0.15) is 4.98 Å². The van der Waals surface area contributed by atoms with Gasteiger partial charge in [-0.15, -0.1) is 5.10 Å². The lowest BCUT2D eigenvalue weighted by molar-refractivity contribution is 0.155. The van der Waals surface area contributed by atoms with Crippen molar-refractivity contribution in [2.45, 2.75) is 32.9 Å². The van der Waals surface area contributed by atoms with Crippen LogP contribution in [-0.2, 0) is 17.7 Å². The topological polar surface area (TPSA) is 86.8 Å². The number of hydrogen-bond acceptors (Lipinski definition) is 7. The van der Waals surface area contributed by atoms with Crippen molar-refractivity contribution >= 4 is 11.6 Å². The van der Waals surface area contributed by atoms with E-state index < -0.39 is 5.82 Å². The molecule has 1 aromatic carbocycles. The number of halogens is 1. The number of aromatic nitrogens is 5. The van der Waals surface area contributed by atoms with E-state index in [1.165, 1.54) is 22.3 Å². The van der Waals surface area contributed by atoms with Crippen molar-refractivity contribution in [3.8, 4) is 16.9 Å². The van der Waals surface area contributed by atoms with Gasteiger partial charge in [-0.05, 0) is 43.2 Å². The number of ether oxygens (including phenoxy) is 2. The number of nitrogens with zero attached hydrogens (tertiary/aromatic N) is 6. The molecule has 1 aliphatic heterocycles. The fourth-order valence-corrected chi connectivity index (χ4v) is 4.53. The van der Waals surface area contributed by atoms with Crippen LogP contribution in [0.4, 0.5) is 10.2 Å². The van der Waals surface area contributed by atoms with E-state index in [-0.39, 0.29) is 17.5 Å². The van der Waals surface area contributed by atoms with Gasteiger partial charge in [-0.25, -0.2) is 18.3 Å². The van der Waals surface area contributed by atoms with Crippen LogP contribution in [0.5, 0.6) is 5.75 Å². The third-order valence-electron chi connectivity index (χ3n) is 6.35. The summed E-state index contributed by atoms with van der Waals surface area (Å²) in [6.07, 6.45) is 4.37. The molecule has 9 nitrogen and oxygen atoms in total. The summed E-state index contributed by atoms with van der Waals surface area (Å²) in [6, 6.07) is 6.68. The van der Waals surface area contributed by atoms with E-state index in [4.69, 9.17) is 14.5 Å². The average molecular weight is 479 g/mol. The third kappa shape index (κ3) is 4.14. The highest BCUT2D eigenvalue weighted by atomic mass is 19.1. The number of methoxy groups -OCH3 is 2. The standard InChI is InChI=1S/C25H27FN6O3/c1-15-12-31-24(29-32(25(31)33)16(2)14-34-3)28-23(15)30-8-7-21-19(13-30)9-18(11-27-21)17-5-6-20(26)22(10-17)35-4/h5-6,9-12,16H,7-8,13-14H2,1-4H3. The second-order valence-electron chi connectivity index (χ2n) is 8.80. The molecule has 35 heavy (non-hydrogen) atoms. The summed E-state index contributed by atoms with van der Waals surface area (Å²) in [5.74, 6) is 0.941. The first-order valence-electron chi connectivity index (χ1n) is 11.4. The van der Waals surface area contributed by atoms with Crippen LogP contribution in [0.3, 0.4) is 0 Å². The predicted molar refractivity (Wildman–Crippen MR) is 130 cm³/mol. The average Bonchev–Trinajstić information content (AvgIpc) is 3.18. The van der Waals surface area contributed by atoms with Crippen molar-refractivity contribution < 1.29 is 13.9 Å². The van der Waals surface area contributed by atoms with Gasteiger partial charge in [0.2, 0.25) is 0 Å². The van der Waals surface area contributed by atoms with Crippen molar-refractivity contribution in [3.63, 3.8) is 0 Å². The Bertz CT molecular complexity index is 1460. The monoisotopic (exact) mass is 478 g/mol. The van der Waals surface area contributed by atoms with Gasteiger partial charge >= 0.3 is 5.69 Å². The second-order valence-corrected chi connectivity index (χ2v) is 8.80. The molecule has 4 heterocycles. The molecule has 5 rings (SSSR count). The maximum absolute atomic E-state index is 13.9. The zero-order valence-corrected chi connectivity index (χ0v) is 20.2. The quantitative estimate of drug-likeness (QED) is 0.421. The smallest absolute Gasteiger partial charge is 0.351 e. The highest BCUT2D eigenvalue weighted by molar-refractivity contribution is 5.66. The van der Waals surface area contributed by atoms with Crippen LogP contribution < -0.4 is 15.3 Å². The summed E-state index contributed by atoms with van der Waals surface area (Å²) in [5.41, 5.74) is 4.48. The first-order chi connectivity index (χ1) is 16.9. The van der Waals surface area contributed by atoms with Crippen LogP contribution in [0.1, 0.15) is 29.8 Å². The Morgan fingerprint density at radius 3 is 2.80 bits per heavy atom. The number of benzene rings is 1. The Hall–Kier alpha value is -3.79. The van der Waals surface area contributed by atoms with Gasteiger partial charge in [0.15, 0.2) is 11.6 Å². The van der Waals surface area contributed by atoms with Crippen LogP contribution in [0.2, 0.25) is 0 Å². The summed E-state index contributed by atoms with van der Waals surface area (Å²) >= 11 is 0. The van der Waals surface area contributed by atoms with E-state index in [0.29, 0.717) is 18.9 Å². The van der Waals surface area contributed by atoms with Crippen LogP contribution in [0.15, 0.2) is 41.5 Å². The summed E-state index contributed by atoms with van der Waals surface area (Å²) in [7, 11) is 3.05. The molecule has 0 spiro atoms. The molecule has 0 amide bonds. The minimum atomic E-state index is -0.400. The lowest BCUT2D eigenvalue weighted by Crippen LogP contribution is -2.32. The number of pyridine rings is 1. The molecule has 1 unspecified atom stereocenters. The maximum Gasteiger partial charge on any atom is 0.351 e. The largest absolute Gasteiger partial charge is 0.494 e. The molecule has 0 bridgehead atoms. The Kier molecular flexibility index (Phi) is 5.98. The third-order valence-corrected chi connectivity index (χ3v) is 6.35. The fraction of sp³-hybridized carbons (Fsp3) is 0.360. The maximum atomic E-state index is 13.9. The van der Waals surface area contributed by atoms with Gasteiger partial charge in [0.25, 0.3) is 5.78 Å². The van der Waals surface area contributed by atoms with E-state index in [0.717, 1.165) is 46.7 Å². The van der Waals surface area contributed by atoms with Crippen molar-refractivity contribution in [3.05, 3.63) is 69.8 Å². The molecule has 182 valence electrons. The zero-order valence-electron chi connectivity index (χ0n) is 20.2. The van der Waals surface area contributed by atoms with E-state index in [9.17, 15) is 9.18 Å². The molecular weight excluding hydrogens is 451 g/mol. The summed E-state index contributed by atoms with van der Waals surface area (Å²) < 4.78 is 27.1. The van der Waals surface area contributed by atoms with Crippen molar-refractivity contribution in [2.24, 2.45) is 0 Å². The van der Waals surface area contributed by atoms with Crippen molar-refractivity contribution in [1.29, 1.82) is 0 Å². The molecule has 0 fully saturated rings. The molecule has 0 saturated heterocycles. The molecular formula is C25H27FN6O3. The minimum Gasteiger partial charge on any atom is -0.494 e. The van der Waals surface area contributed by atoms with Gasteiger partial charge in [-0.1, -0.05) is 6.07 Å². The van der Waals surface area contributed by atoms with Gasteiger partial charge in [0, 0.05) is 55.8 Å². The molecule has 0 radical (unpaired) electrons. The molecule has 10 heteroatoms. The SMILES string of the molecule is COCC(C)n1nc2nc(N3CCc4ncc(-c5ccc(F)c(OC)c5)cc4C3)c(C)cn2c1=O. The molecule has 1 aliphatic rings. The van der Waals surface area contributed by atoms with E-state index in [2.05, 4.69) is 21.0 Å². The van der Waals surface area contributed by atoms with Crippen molar-refractivity contribution in [1.82, 2.24) is 24.1 Å². The number of anilines is 1. The van der Waals surface area contributed by atoms with Crippen LogP contribution in [0.25, 0.3) is 16.9 Å². The molecule has 4 aromatic rings.